The van der Waals surface area contributed by atoms with Crippen molar-refractivity contribution in [2.75, 3.05) is 39.9 Å². The summed E-state index contributed by atoms with van der Waals surface area (Å²) in [4.78, 5) is 21.5. The molecule has 1 aromatic heterocycles. The number of ether oxygens (including phenoxy) is 2. The van der Waals surface area contributed by atoms with E-state index < -0.39 is 0 Å². The van der Waals surface area contributed by atoms with Gasteiger partial charge in [-0.25, -0.2) is 0 Å². The topological polar surface area (TPSA) is 80.9 Å². The number of nitrogens with zero attached hydrogens (tertiary/aromatic N) is 4. The van der Waals surface area contributed by atoms with Crippen molar-refractivity contribution >= 4 is 18.3 Å². The van der Waals surface area contributed by atoms with Crippen molar-refractivity contribution in [1.29, 1.82) is 0 Å². The first kappa shape index (κ1) is 26.2. The number of hydrogen-bond donors (Lipinski definition) is 0. The van der Waals surface area contributed by atoms with E-state index in [0.29, 0.717) is 36.3 Å². The first-order valence-corrected chi connectivity index (χ1v) is 11.9. The molecular formula is C28H29ClN4O4. The molecule has 0 atom stereocenters. The molecule has 1 amide bonds. The van der Waals surface area contributed by atoms with Gasteiger partial charge in [-0.1, -0.05) is 53.7 Å². The highest BCUT2D eigenvalue weighted by atomic mass is 35.5. The van der Waals surface area contributed by atoms with E-state index in [0.717, 1.165) is 30.8 Å². The van der Waals surface area contributed by atoms with E-state index in [9.17, 15) is 4.79 Å². The van der Waals surface area contributed by atoms with Gasteiger partial charge in [0.1, 0.15) is 0 Å². The van der Waals surface area contributed by atoms with E-state index in [1.807, 2.05) is 47.4 Å². The van der Waals surface area contributed by atoms with Crippen LogP contribution in [-0.2, 0) is 11.3 Å². The quantitative estimate of drug-likeness (QED) is 0.337. The Kier molecular flexibility index (Phi) is 8.77. The van der Waals surface area contributed by atoms with Gasteiger partial charge < -0.3 is 18.9 Å². The molecule has 192 valence electrons. The minimum Gasteiger partial charge on any atom is -0.493 e. The number of aromatic nitrogens is 2. The Labute approximate surface area is 222 Å². The molecule has 0 N–H and O–H groups in total. The first-order valence-electron chi connectivity index (χ1n) is 11.9. The minimum absolute atomic E-state index is 0. The average molecular weight is 521 g/mol. The van der Waals surface area contributed by atoms with Gasteiger partial charge >= 0.3 is 0 Å². The zero-order valence-corrected chi connectivity index (χ0v) is 21.4. The number of rotatable bonds is 8. The molecule has 0 radical (unpaired) electrons. The number of benzene rings is 3. The van der Waals surface area contributed by atoms with Crippen LogP contribution in [0.4, 0.5) is 0 Å². The number of amides is 1. The Morgan fingerprint density at radius 2 is 1.59 bits per heavy atom. The molecular weight excluding hydrogens is 492 g/mol. The molecule has 0 spiro atoms. The van der Waals surface area contributed by atoms with E-state index in [1.165, 1.54) is 5.56 Å². The van der Waals surface area contributed by atoms with Gasteiger partial charge in [0.2, 0.25) is 5.82 Å². The van der Waals surface area contributed by atoms with Crippen molar-refractivity contribution in [2.24, 2.45) is 0 Å². The summed E-state index contributed by atoms with van der Waals surface area (Å²) in [5.41, 5.74) is 2.86. The lowest BCUT2D eigenvalue weighted by Crippen LogP contribution is -2.49. The number of methoxy groups -OCH3 is 1. The van der Waals surface area contributed by atoms with Crippen molar-refractivity contribution in [3.8, 4) is 34.3 Å². The molecule has 1 saturated heterocycles. The fourth-order valence-corrected chi connectivity index (χ4v) is 4.19. The third-order valence-electron chi connectivity index (χ3n) is 6.19. The van der Waals surface area contributed by atoms with Gasteiger partial charge in [-0.05, 0) is 35.9 Å². The van der Waals surface area contributed by atoms with Gasteiger partial charge in [0, 0.05) is 43.9 Å². The van der Waals surface area contributed by atoms with Crippen LogP contribution in [0.3, 0.4) is 0 Å². The van der Waals surface area contributed by atoms with Crippen molar-refractivity contribution in [3.63, 3.8) is 0 Å². The zero-order chi connectivity index (χ0) is 24.7. The minimum atomic E-state index is -0.0469. The predicted octanol–water partition coefficient (Wildman–Crippen LogP) is 4.56. The highest BCUT2D eigenvalue weighted by molar-refractivity contribution is 5.85. The number of halogens is 1. The SMILES string of the molecule is COc1cc(-c2noc(-c3ccccc3)n2)ccc1OCC(=O)N1CCN(Cc2ccccc2)CC1.Cl. The first-order chi connectivity index (χ1) is 17.7. The summed E-state index contributed by atoms with van der Waals surface area (Å²) in [7, 11) is 1.56. The second kappa shape index (κ2) is 12.4. The van der Waals surface area contributed by atoms with Crippen molar-refractivity contribution in [2.45, 2.75) is 6.54 Å². The van der Waals surface area contributed by atoms with Gasteiger partial charge in [0.05, 0.1) is 7.11 Å². The van der Waals surface area contributed by atoms with Crippen LogP contribution in [-0.4, -0.2) is 65.7 Å². The Hall–Kier alpha value is -3.88. The molecule has 1 fully saturated rings. The summed E-state index contributed by atoms with van der Waals surface area (Å²) in [6.07, 6.45) is 0. The third-order valence-corrected chi connectivity index (χ3v) is 6.19. The Bertz CT molecular complexity index is 1290. The maximum Gasteiger partial charge on any atom is 0.260 e. The molecule has 0 aliphatic carbocycles. The Morgan fingerprint density at radius 1 is 0.892 bits per heavy atom. The smallest absolute Gasteiger partial charge is 0.260 e. The Balaban J connectivity index is 0.00000320. The highest BCUT2D eigenvalue weighted by Crippen LogP contribution is 2.32. The zero-order valence-electron chi connectivity index (χ0n) is 20.6. The molecule has 0 unspecified atom stereocenters. The van der Waals surface area contributed by atoms with Crippen LogP contribution < -0.4 is 9.47 Å². The number of hydrogen-bond acceptors (Lipinski definition) is 7. The molecule has 37 heavy (non-hydrogen) atoms. The largest absolute Gasteiger partial charge is 0.493 e. The molecule has 1 aliphatic rings. The van der Waals surface area contributed by atoms with E-state index in [4.69, 9.17) is 14.0 Å². The highest BCUT2D eigenvalue weighted by Gasteiger charge is 2.22. The van der Waals surface area contributed by atoms with Crippen LogP contribution in [0, 0.1) is 0 Å². The molecule has 1 aliphatic heterocycles. The fraction of sp³-hybridized carbons (Fsp3) is 0.250. The maximum atomic E-state index is 12.8. The van der Waals surface area contributed by atoms with E-state index in [2.05, 4.69) is 39.3 Å². The molecule has 0 bridgehead atoms. The van der Waals surface area contributed by atoms with Crippen LogP contribution >= 0.6 is 12.4 Å². The second-order valence-corrected chi connectivity index (χ2v) is 8.59. The second-order valence-electron chi connectivity index (χ2n) is 8.59. The van der Waals surface area contributed by atoms with Crippen molar-refractivity contribution < 1.29 is 18.8 Å². The van der Waals surface area contributed by atoms with Gasteiger partial charge in [0.25, 0.3) is 11.8 Å². The standard InChI is InChI=1S/C28H28N4O4.ClH/c1-34-25-18-23(27-29-28(36-30-27)22-10-6-3-7-11-22)12-13-24(25)35-20-26(33)32-16-14-31(15-17-32)19-21-8-4-2-5-9-21;/h2-13,18H,14-17,19-20H2,1H3;1H. The molecule has 5 rings (SSSR count). The van der Waals surface area contributed by atoms with Crippen LogP contribution in [0.15, 0.2) is 83.4 Å². The number of carbonyl (C=O) groups excluding carboxylic acids is 1. The molecule has 2 heterocycles. The van der Waals surface area contributed by atoms with Gasteiger partial charge in [-0.2, -0.15) is 4.98 Å². The fourth-order valence-electron chi connectivity index (χ4n) is 4.19. The van der Waals surface area contributed by atoms with Crippen molar-refractivity contribution in [3.05, 3.63) is 84.4 Å². The van der Waals surface area contributed by atoms with Crippen LogP contribution in [0.25, 0.3) is 22.8 Å². The number of piperazine rings is 1. The number of carbonyl (C=O) groups is 1. The lowest BCUT2D eigenvalue weighted by Gasteiger charge is -2.34. The normalized spacial score (nSPS) is 13.6. The van der Waals surface area contributed by atoms with Crippen LogP contribution in [0.2, 0.25) is 0 Å². The van der Waals surface area contributed by atoms with E-state index >= 15 is 0 Å². The predicted molar refractivity (Wildman–Crippen MR) is 143 cm³/mol. The third kappa shape index (κ3) is 6.47. The lowest BCUT2D eigenvalue weighted by molar-refractivity contribution is -0.135. The Morgan fingerprint density at radius 3 is 2.30 bits per heavy atom. The van der Waals surface area contributed by atoms with Gasteiger partial charge in [-0.15, -0.1) is 12.4 Å². The summed E-state index contributed by atoms with van der Waals surface area (Å²) in [5.74, 6) is 1.84. The van der Waals surface area contributed by atoms with Crippen molar-refractivity contribution in [1.82, 2.24) is 19.9 Å². The molecule has 0 saturated carbocycles. The summed E-state index contributed by atoms with van der Waals surface area (Å²) >= 11 is 0. The summed E-state index contributed by atoms with van der Waals surface area (Å²) in [6.45, 7) is 3.91. The lowest BCUT2D eigenvalue weighted by atomic mass is 10.2. The van der Waals surface area contributed by atoms with Gasteiger partial charge in [-0.3, -0.25) is 9.69 Å². The average Bonchev–Trinajstić information content (AvgIpc) is 3.44. The van der Waals surface area contributed by atoms with Crippen LogP contribution in [0.5, 0.6) is 11.5 Å². The monoisotopic (exact) mass is 520 g/mol. The van der Waals surface area contributed by atoms with E-state index in [-0.39, 0.29) is 24.9 Å². The summed E-state index contributed by atoms with van der Waals surface area (Å²) < 4.78 is 16.8. The van der Waals surface area contributed by atoms with E-state index in [1.54, 1.807) is 19.2 Å². The maximum absolute atomic E-state index is 12.8. The van der Waals surface area contributed by atoms with Crippen LogP contribution in [0.1, 0.15) is 5.56 Å². The summed E-state index contributed by atoms with van der Waals surface area (Å²) in [6, 6.07) is 25.3. The van der Waals surface area contributed by atoms with Gasteiger partial charge in [0.15, 0.2) is 18.1 Å². The molecule has 8 nitrogen and oxygen atoms in total. The molecule has 3 aromatic carbocycles. The summed E-state index contributed by atoms with van der Waals surface area (Å²) in [5, 5.41) is 4.09. The molecule has 9 heteroatoms. The molecule has 4 aromatic rings.